The fourth-order valence-electron chi connectivity index (χ4n) is 2.54. The van der Waals surface area contributed by atoms with Gasteiger partial charge in [0.05, 0.1) is 24.7 Å². The molecule has 28 heavy (non-hydrogen) atoms. The molecule has 1 aromatic carbocycles. The van der Waals surface area contributed by atoms with Gasteiger partial charge in [0.15, 0.2) is 5.78 Å². The van der Waals surface area contributed by atoms with Crippen molar-refractivity contribution in [2.75, 3.05) is 11.8 Å². The number of hydrogen-bond acceptors (Lipinski definition) is 7. The zero-order chi connectivity index (χ0) is 20.3. The number of ether oxygens (including phenoxy) is 1. The molecule has 8 nitrogen and oxygen atoms in total. The molecule has 0 aliphatic carbocycles. The number of pyridine rings is 1. The second-order valence-electron chi connectivity index (χ2n) is 5.96. The summed E-state index contributed by atoms with van der Waals surface area (Å²) in [6.45, 7) is 3.18. The minimum atomic E-state index is -4.03. The van der Waals surface area contributed by atoms with Gasteiger partial charge in [-0.1, -0.05) is 24.3 Å². The molecule has 3 rings (SSSR count). The zero-order valence-electron chi connectivity index (χ0n) is 15.5. The molecule has 0 atom stereocenters. The van der Waals surface area contributed by atoms with Crippen LogP contribution in [0.5, 0.6) is 5.88 Å². The first-order valence-corrected chi connectivity index (χ1v) is 9.77. The quantitative estimate of drug-likeness (QED) is 0.636. The summed E-state index contributed by atoms with van der Waals surface area (Å²) < 4.78 is 33.5. The van der Waals surface area contributed by atoms with Crippen LogP contribution in [0.1, 0.15) is 23.0 Å². The van der Waals surface area contributed by atoms with E-state index in [1.165, 1.54) is 38.6 Å². The number of aryl methyl sites for hydroxylation is 1. The van der Waals surface area contributed by atoms with Gasteiger partial charge in [0.1, 0.15) is 4.90 Å². The molecule has 9 heteroatoms. The maximum Gasteiger partial charge on any atom is 0.265 e. The van der Waals surface area contributed by atoms with Crippen LogP contribution in [-0.2, 0) is 10.0 Å². The number of ketones is 1. The van der Waals surface area contributed by atoms with Gasteiger partial charge >= 0.3 is 0 Å². The number of nitrogens with one attached hydrogen (secondary N) is 1. The number of methoxy groups -OCH3 is 1. The second kappa shape index (κ2) is 7.73. The molecule has 0 saturated heterocycles. The van der Waals surface area contributed by atoms with E-state index >= 15 is 0 Å². The minimum Gasteiger partial charge on any atom is -0.478 e. The summed E-state index contributed by atoms with van der Waals surface area (Å²) >= 11 is 0. The van der Waals surface area contributed by atoms with Gasteiger partial charge in [0, 0.05) is 17.3 Å². The Bertz CT molecular complexity index is 1130. The third-order valence-electron chi connectivity index (χ3n) is 3.91. The molecule has 0 saturated carbocycles. The highest BCUT2D eigenvalue weighted by atomic mass is 32.2. The van der Waals surface area contributed by atoms with Gasteiger partial charge in [0.2, 0.25) is 5.82 Å². The zero-order valence-corrected chi connectivity index (χ0v) is 16.3. The van der Waals surface area contributed by atoms with Crippen LogP contribution in [0.25, 0.3) is 11.3 Å². The highest BCUT2D eigenvalue weighted by Gasteiger charge is 2.23. The molecular formula is C19H18N4O4S. The van der Waals surface area contributed by atoms with Gasteiger partial charge in [-0.3, -0.25) is 14.5 Å². The Hall–Kier alpha value is -3.33. The molecule has 0 amide bonds. The molecular weight excluding hydrogens is 380 g/mol. The van der Waals surface area contributed by atoms with Crippen molar-refractivity contribution >= 4 is 21.6 Å². The van der Waals surface area contributed by atoms with E-state index < -0.39 is 10.0 Å². The molecule has 0 unspecified atom stereocenters. The van der Waals surface area contributed by atoms with Gasteiger partial charge in [-0.2, -0.15) is 0 Å². The number of benzene rings is 1. The summed E-state index contributed by atoms with van der Waals surface area (Å²) in [5, 5.41) is 0. The molecule has 0 fully saturated rings. The Morgan fingerprint density at radius 1 is 1.11 bits per heavy atom. The van der Waals surface area contributed by atoms with Crippen molar-refractivity contribution in [3.8, 4) is 17.1 Å². The monoisotopic (exact) mass is 398 g/mol. The molecule has 1 N–H and O–H groups in total. The SMILES string of the molecule is COc1nc(C)cnc1NS(=O)(=O)c1cccnc1-c1ccc(C(C)=O)cc1. The predicted molar refractivity (Wildman–Crippen MR) is 104 cm³/mol. The summed E-state index contributed by atoms with van der Waals surface area (Å²) in [7, 11) is -2.64. The number of nitrogens with zero attached hydrogens (tertiary/aromatic N) is 3. The second-order valence-corrected chi connectivity index (χ2v) is 7.61. The summed E-state index contributed by atoms with van der Waals surface area (Å²) in [6, 6.07) is 9.54. The highest BCUT2D eigenvalue weighted by Crippen LogP contribution is 2.28. The smallest absolute Gasteiger partial charge is 0.265 e. The number of carbonyl (C=O) groups is 1. The standard InChI is InChI=1S/C19H18N4O4S/c1-12-11-21-18(19(22-12)27-3)23-28(25,26)16-5-4-10-20-17(16)15-8-6-14(7-9-15)13(2)24/h4-11H,1-3H3,(H,21,23). The number of hydrogen-bond donors (Lipinski definition) is 1. The van der Waals surface area contributed by atoms with E-state index in [1.54, 1.807) is 31.2 Å². The van der Waals surface area contributed by atoms with Crippen LogP contribution < -0.4 is 9.46 Å². The van der Waals surface area contributed by atoms with Crippen LogP contribution in [-0.4, -0.2) is 36.3 Å². The van der Waals surface area contributed by atoms with Gasteiger partial charge in [0.25, 0.3) is 15.9 Å². The van der Waals surface area contributed by atoms with Crippen molar-refractivity contribution in [2.24, 2.45) is 0 Å². The molecule has 0 bridgehead atoms. The van der Waals surface area contributed by atoms with Gasteiger partial charge in [-0.05, 0) is 26.0 Å². The van der Waals surface area contributed by atoms with Crippen LogP contribution in [0, 0.1) is 6.92 Å². The summed E-state index contributed by atoms with van der Waals surface area (Å²) in [4.78, 5) is 23.8. The number of Topliss-reactive ketones (excluding diaryl/α,β-unsaturated/α-hetero) is 1. The molecule has 3 aromatic rings. The maximum absolute atomic E-state index is 13.0. The third kappa shape index (κ3) is 3.99. The molecule has 0 aliphatic heterocycles. The Morgan fingerprint density at radius 2 is 1.82 bits per heavy atom. The van der Waals surface area contributed by atoms with Crippen LogP contribution >= 0.6 is 0 Å². The van der Waals surface area contributed by atoms with E-state index in [0.717, 1.165) is 0 Å². The molecule has 2 heterocycles. The molecule has 0 aliphatic rings. The summed E-state index contributed by atoms with van der Waals surface area (Å²) in [5.41, 5.74) is 1.94. The van der Waals surface area contributed by atoms with Crippen molar-refractivity contribution in [3.63, 3.8) is 0 Å². The third-order valence-corrected chi connectivity index (χ3v) is 5.28. The average Bonchev–Trinajstić information content (AvgIpc) is 2.69. The Morgan fingerprint density at radius 3 is 2.46 bits per heavy atom. The van der Waals surface area contributed by atoms with Gasteiger partial charge < -0.3 is 4.74 Å². The van der Waals surface area contributed by atoms with Crippen LogP contribution in [0.15, 0.2) is 53.7 Å². The molecule has 0 spiro atoms. The van der Waals surface area contributed by atoms with E-state index in [1.807, 2.05) is 0 Å². The first kappa shape index (κ1) is 19.4. The Labute approximate surface area is 162 Å². The lowest BCUT2D eigenvalue weighted by atomic mass is 10.1. The Balaban J connectivity index is 2.03. The summed E-state index contributed by atoms with van der Waals surface area (Å²) in [6.07, 6.45) is 2.94. The van der Waals surface area contributed by atoms with Crippen LogP contribution in [0.2, 0.25) is 0 Å². The lowest BCUT2D eigenvalue weighted by Gasteiger charge is -2.13. The summed E-state index contributed by atoms with van der Waals surface area (Å²) in [5.74, 6) is -0.0261. The largest absolute Gasteiger partial charge is 0.478 e. The van der Waals surface area contributed by atoms with E-state index in [0.29, 0.717) is 16.8 Å². The van der Waals surface area contributed by atoms with Crippen LogP contribution in [0.3, 0.4) is 0 Å². The number of aromatic nitrogens is 3. The minimum absolute atomic E-state index is 0.0187. The maximum atomic E-state index is 13.0. The lowest BCUT2D eigenvalue weighted by Crippen LogP contribution is -2.16. The van der Waals surface area contributed by atoms with E-state index in [9.17, 15) is 13.2 Å². The fourth-order valence-corrected chi connectivity index (χ4v) is 3.72. The number of rotatable bonds is 6. The van der Waals surface area contributed by atoms with E-state index in [4.69, 9.17) is 4.74 Å². The first-order valence-electron chi connectivity index (χ1n) is 8.28. The van der Waals surface area contributed by atoms with E-state index in [-0.39, 0.29) is 28.1 Å². The van der Waals surface area contributed by atoms with Crippen molar-refractivity contribution in [3.05, 3.63) is 60.0 Å². The van der Waals surface area contributed by atoms with E-state index in [2.05, 4.69) is 19.7 Å². The van der Waals surface area contributed by atoms with Crippen molar-refractivity contribution < 1.29 is 17.9 Å². The van der Waals surface area contributed by atoms with Gasteiger partial charge in [-0.15, -0.1) is 0 Å². The Kier molecular flexibility index (Phi) is 5.36. The van der Waals surface area contributed by atoms with Crippen molar-refractivity contribution in [2.45, 2.75) is 18.7 Å². The fraction of sp³-hybridized carbons (Fsp3) is 0.158. The van der Waals surface area contributed by atoms with Crippen molar-refractivity contribution in [1.82, 2.24) is 15.0 Å². The van der Waals surface area contributed by atoms with Crippen LogP contribution in [0.4, 0.5) is 5.82 Å². The number of carbonyl (C=O) groups excluding carboxylic acids is 1. The average molecular weight is 398 g/mol. The highest BCUT2D eigenvalue weighted by molar-refractivity contribution is 7.92. The van der Waals surface area contributed by atoms with Crippen molar-refractivity contribution in [1.29, 1.82) is 0 Å². The number of anilines is 1. The van der Waals surface area contributed by atoms with Gasteiger partial charge in [-0.25, -0.2) is 18.4 Å². The predicted octanol–water partition coefficient (Wildman–Crippen LogP) is 2.86. The lowest BCUT2D eigenvalue weighted by molar-refractivity contribution is 0.101. The molecule has 144 valence electrons. The topological polar surface area (TPSA) is 111 Å². The molecule has 2 aromatic heterocycles. The first-order chi connectivity index (χ1) is 13.3. The molecule has 0 radical (unpaired) electrons. The normalized spacial score (nSPS) is 11.1. The number of sulfonamides is 1.